The van der Waals surface area contributed by atoms with Crippen LogP contribution in [0.1, 0.15) is 49.5 Å². The molecule has 0 unspecified atom stereocenters. The first kappa shape index (κ1) is 24.8. The molecule has 1 heterocycles. The van der Waals surface area contributed by atoms with Crippen LogP contribution in [0, 0.1) is 5.41 Å². The first-order chi connectivity index (χ1) is 14.6. The molecular formula is C22H30ClN3O5. The number of nitrogens with zero attached hydrogens (tertiary/aromatic N) is 1. The van der Waals surface area contributed by atoms with Gasteiger partial charge in [-0.1, -0.05) is 38.4 Å². The van der Waals surface area contributed by atoms with E-state index in [0.29, 0.717) is 32.3 Å². The van der Waals surface area contributed by atoms with Gasteiger partial charge in [-0.3, -0.25) is 14.4 Å². The molecule has 2 rings (SSSR count). The summed E-state index contributed by atoms with van der Waals surface area (Å²) in [6.07, 6.45) is 1.77. The fourth-order valence-corrected chi connectivity index (χ4v) is 3.87. The van der Waals surface area contributed by atoms with Crippen molar-refractivity contribution >= 4 is 35.6 Å². The SMILES string of the molecule is COCc1ccc(C(=O)N[C@H](C(=O)N2CCC[C@H]2C(=O)NCC=O)C(C)(C)C)c(Cl)c1. The van der Waals surface area contributed by atoms with Crippen LogP contribution in [0.2, 0.25) is 5.02 Å². The molecule has 31 heavy (non-hydrogen) atoms. The molecule has 8 nitrogen and oxygen atoms in total. The van der Waals surface area contributed by atoms with Crippen molar-refractivity contribution in [3.8, 4) is 0 Å². The monoisotopic (exact) mass is 451 g/mol. The first-order valence-corrected chi connectivity index (χ1v) is 10.6. The Kier molecular flexibility index (Phi) is 8.59. The number of ether oxygens (including phenoxy) is 1. The molecule has 1 saturated heterocycles. The minimum absolute atomic E-state index is 0.103. The molecule has 0 radical (unpaired) electrons. The molecule has 1 aliphatic rings. The molecule has 0 aromatic heterocycles. The van der Waals surface area contributed by atoms with Crippen LogP contribution in [0.25, 0.3) is 0 Å². The quantitative estimate of drug-likeness (QED) is 0.587. The highest BCUT2D eigenvalue weighted by molar-refractivity contribution is 6.34. The number of nitrogens with one attached hydrogen (secondary N) is 2. The summed E-state index contributed by atoms with van der Waals surface area (Å²) in [5.74, 6) is -1.17. The Morgan fingerprint density at radius 2 is 2.03 bits per heavy atom. The van der Waals surface area contributed by atoms with Crippen molar-refractivity contribution < 1.29 is 23.9 Å². The molecule has 9 heteroatoms. The van der Waals surface area contributed by atoms with Gasteiger partial charge in [0.2, 0.25) is 11.8 Å². The molecule has 2 atom stereocenters. The molecule has 3 amide bonds. The summed E-state index contributed by atoms with van der Waals surface area (Å²) in [6.45, 7) is 6.21. The maximum absolute atomic E-state index is 13.4. The van der Waals surface area contributed by atoms with Crippen LogP contribution in [0.5, 0.6) is 0 Å². The predicted octanol–water partition coefficient (Wildman–Crippen LogP) is 1.94. The van der Waals surface area contributed by atoms with Gasteiger partial charge in [0.25, 0.3) is 5.91 Å². The number of carbonyl (C=O) groups is 4. The molecule has 170 valence electrons. The summed E-state index contributed by atoms with van der Waals surface area (Å²) in [5, 5.41) is 5.59. The maximum atomic E-state index is 13.4. The number of carbonyl (C=O) groups excluding carboxylic acids is 4. The van der Waals surface area contributed by atoms with E-state index < -0.39 is 23.4 Å². The fraction of sp³-hybridized carbons (Fsp3) is 0.545. The Bertz CT molecular complexity index is 837. The van der Waals surface area contributed by atoms with Gasteiger partial charge in [-0.05, 0) is 36.0 Å². The average molecular weight is 452 g/mol. The topological polar surface area (TPSA) is 105 Å². The highest BCUT2D eigenvalue weighted by atomic mass is 35.5. The Balaban J connectivity index is 2.22. The lowest BCUT2D eigenvalue weighted by molar-refractivity contribution is -0.141. The molecule has 1 aliphatic heterocycles. The number of halogens is 1. The number of aldehydes is 1. The van der Waals surface area contributed by atoms with Crippen molar-refractivity contribution in [2.45, 2.75) is 52.3 Å². The summed E-state index contributed by atoms with van der Waals surface area (Å²) in [4.78, 5) is 50.8. The van der Waals surface area contributed by atoms with Crippen molar-refractivity contribution in [1.29, 1.82) is 0 Å². The molecule has 0 spiro atoms. The number of hydrogen-bond acceptors (Lipinski definition) is 5. The predicted molar refractivity (Wildman–Crippen MR) is 117 cm³/mol. The van der Waals surface area contributed by atoms with E-state index in [9.17, 15) is 19.2 Å². The van der Waals surface area contributed by atoms with E-state index in [1.165, 1.54) is 4.90 Å². The lowest BCUT2D eigenvalue weighted by Crippen LogP contribution is -2.57. The number of methoxy groups -OCH3 is 1. The van der Waals surface area contributed by atoms with Gasteiger partial charge >= 0.3 is 0 Å². The summed E-state index contributed by atoms with van der Waals surface area (Å²) in [5.41, 5.74) is 0.473. The minimum Gasteiger partial charge on any atom is -0.380 e. The largest absolute Gasteiger partial charge is 0.380 e. The van der Waals surface area contributed by atoms with E-state index in [2.05, 4.69) is 10.6 Å². The smallest absolute Gasteiger partial charge is 0.253 e. The van der Waals surface area contributed by atoms with Crippen molar-refractivity contribution in [3.05, 3.63) is 34.3 Å². The van der Waals surface area contributed by atoms with E-state index in [1.807, 2.05) is 20.8 Å². The second-order valence-corrected chi connectivity index (χ2v) is 9.03. The second kappa shape index (κ2) is 10.7. The molecule has 0 bridgehead atoms. The number of hydrogen-bond donors (Lipinski definition) is 2. The van der Waals surface area contributed by atoms with E-state index in [0.717, 1.165) is 5.56 Å². The van der Waals surface area contributed by atoms with E-state index in [-0.39, 0.29) is 28.9 Å². The van der Waals surface area contributed by atoms with Crippen LogP contribution < -0.4 is 10.6 Å². The van der Waals surface area contributed by atoms with Crippen LogP contribution in [-0.4, -0.2) is 61.2 Å². The Hall–Kier alpha value is -2.45. The van der Waals surface area contributed by atoms with Crippen molar-refractivity contribution in [3.63, 3.8) is 0 Å². The normalized spacial score (nSPS) is 17.2. The highest BCUT2D eigenvalue weighted by Gasteiger charge is 2.42. The van der Waals surface area contributed by atoms with Gasteiger partial charge in [0.15, 0.2) is 0 Å². The molecule has 0 saturated carbocycles. The molecule has 2 N–H and O–H groups in total. The Morgan fingerprint density at radius 3 is 2.61 bits per heavy atom. The molecule has 1 fully saturated rings. The van der Waals surface area contributed by atoms with Crippen molar-refractivity contribution in [2.24, 2.45) is 5.41 Å². The van der Waals surface area contributed by atoms with Gasteiger partial charge < -0.3 is 25.1 Å². The third-order valence-corrected chi connectivity index (χ3v) is 5.49. The third-order valence-electron chi connectivity index (χ3n) is 5.18. The van der Waals surface area contributed by atoms with Gasteiger partial charge in [0.1, 0.15) is 18.4 Å². The van der Waals surface area contributed by atoms with Crippen LogP contribution in [0.15, 0.2) is 18.2 Å². The van der Waals surface area contributed by atoms with Gasteiger partial charge in [-0.2, -0.15) is 0 Å². The highest BCUT2D eigenvalue weighted by Crippen LogP contribution is 2.27. The maximum Gasteiger partial charge on any atom is 0.253 e. The van der Waals surface area contributed by atoms with Crippen LogP contribution >= 0.6 is 11.6 Å². The summed E-state index contributed by atoms with van der Waals surface area (Å²) in [7, 11) is 1.57. The van der Waals surface area contributed by atoms with E-state index in [4.69, 9.17) is 16.3 Å². The van der Waals surface area contributed by atoms with E-state index >= 15 is 0 Å². The molecule has 0 aliphatic carbocycles. The first-order valence-electron chi connectivity index (χ1n) is 10.2. The minimum atomic E-state index is -0.866. The molecule has 1 aromatic carbocycles. The summed E-state index contributed by atoms with van der Waals surface area (Å²) >= 11 is 6.28. The van der Waals surface area contributed by atoms with Crippen LogP contribution in [0.4, 0.5) is 0 Å². The van der Waals surface area contributed by atoms with Gasteiger partial charge in [-0.25, -0.2) is 0 Å². The van der Waals surface area contributed by atoms with E-state index in [1.54, 1.807) is 25.3 Å². The molecular weight excluding hydrogens is 422 g/mol. The van der Waals surface area contributed by atoms with Gasteiger partial charge in [-0.15, -0.1) is 0 Å². The lowest BCUT2D eigenvalue weighted by Gasteiger charge is -2.35. The molecule has 1 aromatic rings. The van der Waals surface area contributed by atoms with Crippen molar-refractivity contribution in [1.82, 2.24) is 15.5 Å². The van der Waals surface area contributed by atoms with Gasteiger partial charge in [0, 0.05) is 13.7 Å². The summed E-state index contributed by atoms with van der Waals surface area (Å²) < 4.78 is 5.07. The lowest BCUT2D eigenvalue weighted by atomic mass is 9.85. The zero-order valence-corrected chi connectivity index (χ0v) is 19.1. The zero-order valence-electron chi connectivity index (χ0n) is 18.4. The number of rotatable bonds is 8. The standard InChI is InChI=1S/C22H30ClN3O5/c1-22(2,3)18(21(30)26-10-5-6-17(26)20(29)24-9-11-27)25-19(28)15-8-7-14(13-31-4)12-16(15)23/h7-8,11-12,17-18H,5-6,9-10,13H2,1-4H3,(H,24,29)(H,25,28)/t17-,18+/m0/s1. The Morgan fingerprint density at radius 1 is 1.32 bits per heavy atom. The fourth-order valence-electron chi connectivity index (χ4n) is 3.59. The Labute approximate surface area is 187 Å². The average Bonchev–Trinajstić information content (AvgIpc) is 3.19. The third kappa shape index (κ3) is 6.27. The number of benzene rings is 1. The van der Waals surface area contributed by atoms with Crippen LogP contribution in [0.3, 0.4) is 0 Å². The van der Waals surface area contributed by atoms with Gasteiger partial charge in [0.05, 0.1) is 23.7 Å². The second-order valence-electron chi connectivity index (χ2n) is 8.62. The number of likely N-dealkylation sites (tertiary alicyclic amines) is 1. The van der Waals surface area contributed by atoms with Crippen molar-refractivity contribution in [2.75, 3.05) is 20.2 Å². The zero-order chi connectivity index (χ0) is 23.2. The summed E-state index contributed by atoms with van der Waals surface area (Å²) in [6, 6.07) is 3.47. The van der Waals surface area contributed by atoms with Crippen LogP contribution in [-0.2, 0) is 25.7 Å². The number of amides is 3.